The molecule has 5 heteroatoms. The molecular weight excluding hydrogens is 336 g/mol. The third-order valence-electron chi connectivity index (χ3n) is 5.01. The highest BCUT2D eigenvalue weighted by molar-refractivity contribution is 7.86. The van der Waals surface area contributed by atoms with Crippen LogP contribution in [-0.4, -0.2) is 29.4 Å². The zero-order valence-corrected chi connectivity index (χ0v) is 17.4. The van der Waals surface area contributed by atoms with Gasteiger partial charge in [-0.05, 0) is 25.7 Å². The van der Waals surface area contributed by atoms with E-state index in [-0.39, 0.29) is 6.10 Å². The number of aliphatic hydroxyl groups is 1. The topological polar surface area (TPSA) is 74.6 Å². The Hall–Kier alpha value is -0.130. The Morgan fingerprint density at radius 3 is 1.44 bits per heavy atom. The summed E-state index contributed by atoms with van der Waals surface area (Å²) in [7, 11) is -3.92. The van der Waals surface area contributed by atoms with Crippen molar-refractivity contribution in [2.45, 2.75) is 128 Å². The van der Waals surface area contributed by atoms with E-state index in [9.17, 15) is 18.1 Å². The van der Waals surface area contributed by atoms with E-state index in [4.69, 9.17) is 0 Å². The fourth-order valence-corrected chi connectivity index (χ4v) is 4.23. The quantitative estimate of drug-likeness (QED) is 0.230. The second kappa shape index (κ2) is 16.1. The van der Waals surface area contributed by atoms with E-state index in [1.54, 1.807) is 0 Å². The van der Waals surface area contributed by atoms with Crippen LogP contribution in [0.4, 0.5) is 0 Å². The van der Waals surface area contributed by atoms with Crippen LogP contribution in [0.5, 0.6) is 0 Å². The Morgan fingerprint density at radius 2 is 1.00 bits per heavy atom. The van der Waals surface area contributed by atoms with Crippen molar-refractivity contribution in [3.63, 3.8) is 0 Å². The number of hydrogen-bond acceptors (Lipinski definition) is 3. The van der Waals surface area contributed by atoms with E-state index < -0.39 is 15.4 Å². The normalized spacial score (nSPS) is 14.6. The minimum absolute atomic E-state index is 0.180. The van der Waals surface area contributed by atoms with Crippen molar-refractivity contribution < 1.29 is 18.1 Å². The van der Waals surface area contributed by atoms with Crippen LogP contribution in [0.1, 0.15) is 117 Å². The zero-order chi connectivity index (χ0) is 19.0. The molecule has 0 fully saturated rings. The summed E-state index contributed by atoms with van der Waals surface area (Å²) in [6, 6.07) is 0. The maximum Gasteiger partial charge on any atom is 0.267 e. The summed E-state index contributed by atoms with van der Waals surface area (Å²) in [5.74, 6) is 0. The standard InChI is InChI=1S/C20H42O4S/c1-3-5-7-8-13-17-20(25(22,23)24)18-14-10-9-12-16-19(21)15-11-6-4-2/h19-21H,3-18H2,1-2H3,(H,22,23,24). The van der Waals surface area contributed by atoms with Crippen LogP contribution in [0.15, 0.2) is 0 Å². The fraction of sp³-hybridized carbons (Fsp3) is 1.00. The number of rotatable bonds is 18. The lowest BCUT2D eigenvalue weighted by Gasteiger charge is -2.14. The molecule has 0 amide bonds. The molecule has 4 nitrogen and oxygen atoms in total. The van der Waals surface area contributed by atoms with Crippen molar-refractivity contribution in [1.82, 2.24) is 0 Å². The second-order valence-electron chi connectivity index (χ2n) is 7.48. The van der Waals surface area contributed by atoms with Crippen LogP contribution in [0.3, 0.4) is 0 Å². The van der Waals surface area contributed by atoms with E-state index in [0.29, 0.717) is 12.8 Å². The smallest absolute Gasteiger partial charge is 0.267 e. The monoisotopic (exact) mass is 378 g/mol. The molecule has 0 aromatic carbocycles. The van der Waals surface area contributed by atoms with Crippen molar-refractivity contribution in [1.29, 1.82) is 0 Å². The molecule has 152 valence electrons. The lowest BCUT2D eigenvalue weighted by Crippen LogP contribution is -2.20. The van der Waals surface area contributed by atoms with Gasteiger partial charge < -0.3 is 5.11 Å². The Balaban J connectivity index is 3.77. The minimum atomic E-state index is -3.92. The van der Waals surface area contributed by atoms with Gasteiger partial charge in [0.25, 0.3) is 10.1 Å². The second-order valence-corrected chi connectivity index (χ2v) is 9.18. The first-order valence-corrected chi connectivity index (χ1v) is 12.1. The summed E-state index contributed by atoms with van der Waals surface area (Å²) in [6.07, 6.45) is 15.5. The van der Waals surface area contributed by atoms with Gasteiger partial charge in [-0.25, -0.2) is 0 Å². The predicted molar refractivity (Wildman–Crippen MR) is 107 cm³/mol. The average molecular weight is 379 g/mol. The highest BCUT2D eigenvalue weighted by Gasteiger charge is 2.21. The predicted octanol–water partition coefficient (Wildman–Crippen LogP) is 5.89. The molecule has 0 bridgehead atoms. The van der Waals surface area contributed by atoms with E-state index in [0.717, 1.165) is 64.2 Å². The molecule has 0 rings (SSSR count). The maximum atomic E-state index is 11.5. The molecule has 0 saturated heterocycles. The number of hydrogen-bond donors (Lipinski definition) is 2. The molecule has 0 aromatic heterocycles. The van der Waals surface area contributed by atoms with Crippen molar-refractivity contribution >= 4 is 10.1 Å². The van der Waals surface area contributed by atoms with Crippen LogP contribution in [0, 0.1) is 0 Å². The third-order valence-corrected chi connectivity index (χ3v) is 6.32. The Labute approximate surface area is 156 Å². The molecule has 0 aliphatic heterocycles. The molecule has 2 atom stereocenters. The number of unbranched alkanes of at least 4 members (excludes halogenated alkanes) is 9. The van der Waals surface area contributed by atoms with Crippen molar-refractivity contribution in [2.75, 3.05) is 0 Å². The van der Waals surface area contributed by atoms with Crippen LogP contribution in [0.2, 0.25) is 0 Å². The number of aliphatic hydroxyl groups excluding tert-OH is 1. The Bertz CT molecular complexity index is 381. The van der Waals surface area contributed by atoms with E-state index in [2.05, 4.69) is 13.8 Å². The van der Waals surface area contributed by atoms with Gasteiger partial charge in [-0.15, -0.1) is 0 Å². The summed E-state index contributed by atoms with van der Waals surface area (Å²) in [5.41, 5.74) is 0. The van der Waals surface area contributed by atoms with Crippen LogP contribution in [-0.2, 0) is 10.1 Å². The molecule has 0 heterocycles. The minimum Gasteiger partial charge on any atom is -0.393 e. The van der Waals surface area contributed by atoms with E-state index in [1.165, 1.54) is 25.7 Å². The molecule has 0 aliphatic carbocycles. The fourth-order valence-electron chi connectivity index (χ4n) is 3.30. The van der Waals surface area contributed by atoms with Crippen LogP contribution < -0.4 is 0 Å². The van der Waals surface area contributed by atoms with Crippen LogP contribution >= 0.6 is 0 Å². The SMILES string of the molecule is CCCCCCCC(CCCCCCC(O)CCCCC)S(=O)(=O)O. The summed E-state index contributed by atoms with van der Waals surface area (Å²) in [6.45, 7) is 4.32. The van der Waals surface area contributed by atoms with Gasteiger partial charge in [0, 0.05) is 0 Å². The first-order valence-electron chi connectivity index (χ1n) is 10.6. The summed E-state index contributed by atoms with van der Waals surface area (Å²) >= 11 is 0. The zero-order valence-electron chi connectivity index (χ0n) is 16.6. The van der Waals surface area contributed by atoms with Crippen molar-refractivity contribution in [3.05, 3.63) is 0 Å². The molecule has 0 radical (unpaired) electrons. The van der Waals surface area contributed by atoms with E-state index >= 15 is 0 Å². The van der Waals surface area contributed by atoms with Crippen LogP contribution in [0.25, 0.3) is 0 Å². The Kier molecular flexibility index (Phi) is 16.0. The summed E-state index contributed by atoms with van der Waals surface area (Å²) in [4.78, 5) is 0. The highest BCUT2D eigenvalue weighted by atomic mass is 32.2. The van der Waals surface area contributed by atoms with Gasteiger partial charge in [0.1, 0.15) is 0 Å². The van der Waals surface area contributed by atoms with Gasteiger partial charge in [-0.3, -0.25) is 4.55 Å². The van der Waals surface area contributed by atoms with Gasteiger partial charge in [-0.2, -0.15) is 8.42 Å². The molecular formula is C20H42O4S. The van der Waals surface area contributed by atoms with Crippen molar-refractivity contribution in [2.24, 2.45) is 0 Å². The molecule has 0 spiro atoms. The van der Waals surface area contributed by atoms with Gasteiger partial charge >= 0.3 is 0 Å². The molecule has 0 saturated carbocycles. The maximum absolute atomic E-state index is 11.5. The molecule has 25 heavy (non-hydrogen) atoms. The molecule has 2 unspecified atom stereocenters. The first kappa shape index (κ1) is 24.9. The summed E-state index contributed by atoms with van der Waals surface area (Å²) in [5, 5.41) is 9.28. The average Bonchev–Trinajstić information content (AvgIpc) is 2.55. The largest absolute Gasteiger partial charge is 0.393 e. The van der Waals surface area contributed by atoms with Gasteiger partial charge in [0.2, 0.25) is 0 Å². The van der Waals surface area contributed by atoms with Gasteiger partial charge in [-0.1, -0.05) is 90.9 Å². The summed E-state index contributed by atoms with van der Waals surface area (Å²) < 4.78 is 32.4. The lowest BCUT2D eigenvalue weighted by atomic mass is 10.0. The molecule has 2 N–H and O–H groups in total. The van der Waals surface area contributed by atoms with Gasteiger partial charge in [0.15, 0.2) is 0 Å². The molecule has 0 aliphatic rings. The van der Waals surface area contributed by atoms with Gasteiger partial charge in [0.05, 0.1) is 11.4 Å². The lowest BCUT2D eigenvalue weighted by molar-refractivity contribution is 0.147. The molecule has 0 aromatic rings. The first-order chi connectivity index (χ1) is 11.9. The highest BCUT2D eigenvalue weighted by Crippen LogP contribution is 2.19. The Morgan fingerprint density at radius 1 is 0.640 bits per heavy atom. The van der Waals surface area contributed by atoms with Crippen molar-refractivity contribution in [3.8, 4) is 0 Å². The van der Waals surface area contributed by atoms with E-state index in [1.807, 2.05) is 0 Å². The third kappa shape index (κ3) is 15.8.